The molecule has 5 aliphatic rings. The van der Waals surface area contributed by atoms with Crippen LogP contribution < -0.4 is 21.3 Å². The summed E-state index contributed by atoms with van der Waals surface area (Å²) in [5, 5.41) is 24.0. The number of ether oxygens (including phenoxy) is 2. The van der Waals surface area contributed by atoms with Crippen LogP contribution in [0.4, 0.5) is 0 Å². The molecule has 1 saturated carbocycles. The number of likely N-dealkylation sites (tertiary alicyclic amines) is 2. The highest BCUT2D eigenvalue weighted by Gasteiger charge is 2.37. The largest absolute Gasteiger partial charge is 0.390 e. The lowest BCUT2D eigenvalue weighted by molar-refractivity contribution is -0.137. The summed E-state index contributed by atoms with van der Waals surface area (Å²) in [6.07, 6.45) is 6.76. The highest BCUT2D eigenvalue weighted by atomic mass is 16.5. The lowest BCUT2D eigenvalue weighted by Gasteiger charge is -2.44. The fourth-order valence-electron chi connectivity index (χ4n) is 7.33. The molecule has 234 valence electrons. The number of nitrogens with one attached hydrogen (secondary N) is 4. The van der Waals surface area contributed by atoms with Crippen LogP contribution in [0.5, 0.6) is 0 Å². The average molecular weight is 579 g/mol. The third-order valence-corrected chi connectivity index (χ3v) is 9.72. The van der Waals surface area contributed by atoms with Crippen LogP contribution in [0.2, 0.25) is 0 Å². The molecule has 5 rings (SSSR count). The zero-order valence-electron chi connectivity index (χ0n) is 25.2. The maximum atomic E-state index is 12.9. The van der Waals surface area contributed by atoms with Gasteiger partial charge >= 0.3 is 0 Å². The molecular weight excluding hydrogens is 524 g/mol. The molecule has 5 N–H and O–H groups in total. The molecular formula is C30H54N6O5. The molecule has 0 bridgehead atoms. The first-order valence-electron chi connectivity index (χ1n) is 16.2. The summed E-state index contributed by atoms with van der Waals surface area (Å²) in [6, 6.07) is 0.281. The van der Waals surface area contributed by atoms with Gasteiger partial charge in [-0.1, -0.05) is 13.8 Å². The first-order valence-corrected chi connectivity index (χ1v) is 16.2. The molecule has 0 radical (unpaired) electrons. The Morgan fingerprint density at radius 2 is 1.95 bits per heavy atom. The van der Waals surface area contributed by atoms with Gasteiger partial charge in [0.2, 0.25) is 11.8 Å². The summed E-state index contributed by atoms with van der Waals surface area (Å²) in [4.78, 5) is 29.4. The molecule has 5 fully saturated rings. The van der Waals surface area contributed by atoms with Crippen molar-refractivity contribution in [1.82, 2.24) is 31.1 Å². The molecule has 4 heterocycles. The predicted molar refractivity (Wildman–Crippen MR) is 156 cm³/mol. The second kappa shape index (κ2) is 14.9. The standard InChI is InChI=1S/C30H54N6O5/c1-20(2)9-29(38)36-15-24(16-36)34-28-11-22(5-7-32-28)30(39)33-12-25(37)17-35-8-6-21-10-26(4-3-23(21)14-35)40-18-27-13-31-19-41-27/h20-28,31-32,34,37H,3-19H2,1-2H3,(H,33,39)/t21?,22?,23?,25-,26?,27?,28?/m0/s1. The lowest BCUT2D eigenvalue weighted by Crippen LogP contribution is -2.65. The SMILES string of the molecule is CC(C)CC(=O)N1CC(NC2CC(C(=O)NC[C@H](O)CN3CCC4CC(OCC5CNCO5)CCC4C3)CCN2)C1. The van der Waals surface area contributed by atoms with Crippen LogP contribution in [0.1, 0.15) is 58.8 Å². The van der Waals surface area contributed by atoms with E-state index < -0.39 is 6.10 Å². The number of β-amino-alcohol motifs (C(OH)–C–C–N with tert-alkyl or cyclic N) is 1. The fraction of sp³-hybridized carbons (Fsp3) is 0.933. The van der Waals surface area contributed by atoms with E-state index in [1.165, 1.54) is 6.42 Å². The van der Waals surface area contributed by atoms with Gasteiger partial charge in [-0.2, -0.15) is 0 Å². The minimum absolute atomic E-state index is 0.0375. The Labute approximate surface area is 245 Å². The van der Waals surface area contributed by atoms with Crippen LogP contribution in [0, 0.1) is 23.7 Å². The number of rotatable bonds is 12. The maximum absolute atomic E-state index is 12.9. The van der Waals surface area contributed by atoms with E-state index in [2.05, 4.69) is 40.0 Å². The fourth-order valence-corrected chi connectivity index (χ4v) is 7.33. The molecule has 7 atom stereocenters. The molecule has 6 unspecified atom stereocenters. The van der Waals surface area contributed by atoms with E-state index in [0.717, 1.165) is 71.4 Å². The van der Waals surface area contributed by atoms with Gasteiger partial charge in [0.25, 0.3) is 0 Å². The van der Waals surface area contributed by atoms with Crippen molar-refractivity contribution in [2.75, 3.05) is 65.7 Å². The van der Waals surface area contributed by atoms with Gasteiger partial charge in [-0.05, 0) is 69.4 Å². The van der Waals surface area contributed by atoms with E-state index in [1.54, 1.807) is 0 Å². The number of carbonyl (C=O) groups excluding carboxylic acids is 2. The van der Waals surface area contributed by atoms with E-state index in [4.69, 9.17) is 9.47 Å². The van der Waals surface area contributed by atoms with E-state index in [-0.39, 0.29) is 36.0 Å². The Balaban J connectivity index is 0.946. The minimum atomic E-state index is -0.560. The van der Waals surface area contributed by atoms with E-state index in [9.17, 15) is 14.7 Å². The van der Waals surface area contributed by atoms with Crippen LogP contribution in [-0.2, 0) is 19.1 Å². The van der Waals surface area contributed by atoms with E-state index >= 15 is 0 Å². The smallest absolute Gasteiger partial charge is 0.223 e. The Morgan fingerprint density at radius 3 is 2.73 bits per heavy atom. The van der Waals surface area contributed by atoms with Gasteiger partial charge in [0.15, 0.2) is 0 Å². The van der Waals surface area contributed by atoms with Gasteiger partial charge in [-0.3, -0.25) is 20.2 Å². The molecule has 41 heavy (non-hydrogen) atoms. The Bertz CT molecular complexity index is 851. The minimum Gasteiger partial charge on any atom is -0.390 e. The highest BCUT2D eigenvalue weighted by molar-refractivity contribution is 5.79. The first kappa shape index (κ1) is 31.1. The van der Waals surface area contributed by atoms with Crippen molar-refractivity contribution in [3.05, 3.63) is 0 Å². The number of hydrogen-bond acceptors (Lipinski definition) is 9. The number of amides is 2. The second-order valence-corrected chi connectivity index (χ2v) is 13.6. The number of aliphatic hydroxyl groups is 1. The molecule has 0 aromatic heterocycles. The van der Waals surface area contributed by atoms with Crippen molar-refractivity contribution in [2.24, 2.45) is 23.7 Å². The Hall–Kier alpha value is -1.34. The van der Waals surface area contributed by atoms with Gasteiger partial charge < -0.3 is 35.0 Å². The van der Waals surface area contributed by atoms with Gasteiger partial charge in [0.05, 0.1) is 37.8 Å². The van der Waals surface area contributed by atoms with Gasteiger partial charge in [0, 0.05) is 57.6 Å². The number of aliphatic hydroxyl groups excluding tert-OH is 1. The van der Waals surface area contributed by atoms with Gasteiger partial charge in [-0.15, -0.1) is 0 Å². The quantitative estimate of drug-likeness (QED) is 0.219. The molecule has 0 spiro atoms. The van der Waals surface area contributed by atoms with E-state index in [0.29, 0.717) is 56.7 Å². The zero-order chi connectivity index (χ0) is 28.8. The molecule has 2 amide bonds. The van der Waals surface area contributed by atoms with Crippen LogP contribution in [-0.4, -0.2) is 123 Å². The average Bonchev–Trinajstić information content (AvgIpc) is 3.46. The van der Waals surface area contributed by atoms with Gasteiger partial charge in [-0.25, -0.2) is 0 Å². The van der Waals surface area contributed by atoms with Crippen molar-refractivity contribution >= 4 is 11.8 Å². The summed E-state index contributed by atoms with van der Waals surface area (Å²) in [5.41, 5.74) is 0. The summed E-state index contributed by atoms with van der Waals surface area (Å²) >= 11 is 0. The van der Waals surface area contributed by atoms with Crippen molar-refractivity contribution in [1.29, 1.82) is 0 Å². The van der Waals surface area contributed by atoms with Crippen LogP contribution >= 0.6 is 0 Å². The number of fused-ring (bicyclic) bond motifs is 1. The molecule has 11 heteroatoms. The third kappa shape index (κ3) is 9.08. The normalized spacial score (nSPS) is 33.8. The summed E-state index contributed by atoms with van der Waals surface area (Å²) in [5.74, 6) is 1.96. The lowest BCUT2D eigenvalue weighted by atomic mass is 9.74. The summed E-state index contributed by atoms with van der Waals surface area (Å²) < 4.78 is 11.8. The van der Waals surface area contributed by atoms with Crippen LogP contribution in [0.15, 0.2) is 0 Å². The molecule has 11 nitrogen and oxygen atoms in total. The third-order valence-electron chi connectivity index (χ3n) is 9.72. The summed E-state index contributed by atoms with van der Waals surface area (Å²) in [6.45, 7) is 11.6. The molecule has 0 aromatic carbocycles. The predicted octanol–water partition coefficient (Wildman–Crippen LogP) is 0.0888. The van der Waals surface area contributed by atoms with Crippen LogP contribution in [0.25, 0.3) is 0 Å². The first-order chi connectivity index (χ1) is 19.8. The highest BCUT2D eigenvalue weighted by Crippen LogP contribution is 2.37. The summed E-state index contributed by atoms with van der Waals surface area (Å²) in [7, 11) is 0. The Morgan fingerprint density at radius 1 is 1.10 bits per heavy atom. The topological polar surface area (TPSA) is 127 Å². The van der Waals surface area contributed by atoms with Gasteiger partial charge in [0.1, 0.15) is 0 Å². The monoisotopic (exact) mass is 578 g/mol. The maximum Gasteiger partial charge on any atom is 0.223 e. The molecule has 4 aliphatic heterocycles. The second-order valence-electron chi connectivity index (χ2n) is 13.6. The molecule has 0 aromatic rings. The number of nitrogens with zero attached hydrogens (tertiary/aromatic N) is 2. The van der Waals surface area contributed by atoms with Crippen molar-refractivity contribution in [3.63, 3.8) is 0 Å². The van der Waals surface area contributed by atoms with Crippen LogP contribution in [0.3, 0.4) is 0 Å². The Kier molecular flexibility index (Phi) is 11.3. The molecule has 1 aliphatic carbocycles. The van der Waals surface area contributed by atoms with E-state index in [1.807, 2.05) is 4.90 Å². The number of piperidine rings is 2. The number of hydrogen-bond donors (Lipinski definition) is 5. The zero-order valence-corrected chi connectivity index (χ0v) is 25.2. The number of carbonyl (C=O) groups is 2. The molecule has 4 saturated heterocycles. The van der Waals surface area contributed by atoms with Crippen molar-refractivity contribution in [2.45, 2.75) is 89.3 Å². The van der Waals surface area contributed by atoms with Crippen molar-refractivity contribution < 1.29 is 24.2 Å². The van der Waals surface area contributed by atoms with Crippen molar-refractivity contribution in [3.8, 4) is 0 Å².